The van der Waals surface area contributed by atoms with Crippen LogP contribution in [0.15, 0.2) is 48.2 Å². The van der Waals surface area contributed by atoms with Crippen LogP contribution in [0.25, 0.3) is 5.69 Å². The van der Waals surface area contributed by atoms with Crippen LogP contribution in [0, 0.1) is 28.1 Å². The highest BCUT2D eigenvalue weighted by Gasteiger charge is 2.57. The Labute approximate surface area is 152 Å². The van der Waals surface area contributed by atoms with Gasteiger partial charge >= 0.3 is 0 Å². The van der Waals surface area contributed by atoms with Crippen molar-refractivity contribution >= 4 is 5.78 Å². The van der Waals surface area contributed by atoms with Crippen LogP contribution in [0.4, 0.5) is 0 Å². The van der Waals surface area contributed by atoms with E-state index < -0.39 is 16.9 Å². The minimum Gasteiger partial charge on any atom is -0.387 e. The maximum Gasteiger partial charge on any atom is 0.176 e. The number of Topliss-reactive ketones (excluding diaryl/α,β-unsaturated/α-hetero) is 1. The van der Waals surface area contributed by atoms with Gasteiger partial charge in [0.1, 0.15) is 0 Å². The molecule has 0 aliphatic heterocycles. The summed E-state index contributed by atoms with van der Waals surface area (Å²) in [5.41, 5.74) is 1.25. The fourth-order valence-electron chi connectivity index (χ4n) is 4.69. The molecule has 4 rings (SSSR count). The quantitative estimate of drug-likeness (QED) is 0.860. The first kappa shape index (κ1) is 16.7. The highest BCUT2D eigenvalue weighted by molar-refractivity contribution is 6.04. The minimum absolute atomic E-state index is 0.0290. The second-order valence-electron chi connectivity index (χ2n) is 8.06. The zero-order chi connectivity index (χ0) is 18.7. The molecule has 3 atom stereocenters. The third-order valence-corrected chi connectivity index (χ3v) is 6.21. The Kier molecular flexibility index (Phi) is 3.47. The van der Waals surface area contributed by atoms with Gasteiger partial charge in [0, 0.05) is 5.41 Å². The van der Waals surface area contributed by atoms with Gasteiger partial charge in [0.05, 0.1) is 46.3 Å². The van der Waals surface area contributed by atoms with Crippen LogP contribution in [-0.4, -0.2) is 26.8 Å². The van der Waals surface area contributed by atoms with E-state index in [4.69, 9.17) is 0 Å². The molecule has 2 aromatic rings. The second kappa shape index (κ2) is 5.39. The van der Waals surface area contributed by atoms with Crippen molar-refractivity contribution in [2.75, 3.05) is 0 Å². The van der Waals surface area contributed by atoms with Crippen molar-refractivity contribution in [3.63, 3.8) is 0 Å². The van der Waals surface area contributed by atoms with Gasteiger partial charge in [-0.05, 0) is 31.4 Å². The predicted molar refractivity (Wildman–Crippen MR) is 96.7 cm³/mol. The summed E-state index contributed by atoms with van der Waals surface area (Å²) >= 11 is 0. The number of aromatic nitrogens is 2. The van der Waals surface area contributed by atoms with Gasteiger partial charge in [0.15, 0.2) is 5.78 Å². The molecule has 132 valence electrons. The second-order valence-corrected chi connectivity index (χ2v) is 8.06. The number of fused-ring (bicyclic) bond motifs is 2. The largest absolute Gasteiger partial charge is 0.387 e. The monoisotopic (exact) mass is 347 g/mol. The zero-order valence-electron chi connectivity index (χ0n) is 15.1. The summed E-state index contributed by atoms with van der Waals surface area (Å²) in [6.45, 7) is 5.76. The molecule has 2 aliphatic rings. The van der Waals surface area contributed by atoms with Gasteiger partial charge in [0.2, 0.25) is 0 Å². The predicted octanol–water partition coefficient (Wildman–Crippen LogP) is 3.08. The number of hydrogen-bond acceptors (Lipinski definition) is 4. The van der Waals surface area contributed by atoms with Crippen molar-refractivity contribution in [3.05, 3.63) is 59.4 Å². The highest BCUT2D eigenvalue weighted by atomic mass is 16.3. The number of benzene rings is 1. The maximum absolute atomic E-state index is 13.4. The van der Waals surface area contributed by atoms with Crippen LogP contribution < -0.4 is 0 Å². The Morgan fingerprint density at radius 2 is 1.96 bits per heavy atom. The van der Waals surface area contributed by atoms with Gasteiger partial charge < -0.3 is 5.11 Å². The number of hydrogen-bond donors (Lipinski definition) is 1. The van der Waals surface area contributed by atoms with E-state index in [0.717, 1.165) is 11.4 Å². The Balaban J connectivity index is 1.91. The molecular formula is C21H21N3O2. The third-order valence-electron chi connectivity index (χ3n) is 6.21. The number of nitrogens with zero attached hydrogens (tertiary/aromatic N) is 3. The number of allylic oxidation sites excluding steroid dienone is 1. The molecule has 26 heavy (non-hydrogen) atoms. The molecule has 1 aromatic heterocycles. The molecule has 0 amide bonds. The Morgan fingerprint density at radius 1 is 1.27 bits per heavy atom. The number of carbonyl (C=O) groups excluding carboxylic acids is 1. The van der Waals surface area contributed by atoms with Crippen LogP contribution in [0.3, 0.4) is 0 Å². The molecule has 1 aromatic carbocycles. The minimum atomic E-state index is -0.881. The van der Waals surface area contributed by atoms with Gasteiger partial charge in [-0.3, -0.25) is 4.79 Å². The maximum atomic E-state index is 13.4. The number of para-hydroxylation sites is 1. The summed E-state index contributed by atoms with van der Waals surface area (Å²) in [6.07, 6.45) is 3.04. The highest BCUT2D eigenvalue weighted by Crippen LogP contribution is 2.55. The number of ketones is 1. The SMILES string of the molecule is CC1(C)C(O)C(C#N)=C[C@]2(C)C(=O)c3cnn(-c4ccccc4)c3C[C@@H]12. The number of aliphatic hydroxyl groups is 1. The number of nitriles is 1. The fourth-order valence-corrected chi connectivity index (χ4v) is 4.69. The number of carbonyl (C=O) groups is 1. The molecule has 0 spiro atoms. The summed E-state index contributed by atoms with van der Waals surface area (Å²) in [5.74, 6) is -0.153. The molecule has 0 saturated carbocycles. The van der Waals surface area contributed by atoms with E-state index in [2.05, 4.69) is 11.2 Å². The molecule has 1 N–H and O–H groups in total. The molecule has 1 unspecified atom stereocenters. The Hall–Kier alpha value is -2.71. The molecular weight excluding hydrogens is 326 g/mol. The molecule has 5 nitrogen and oxygen atoms in total. The van der Waals surface area contributed by atoms with Gasteiger partial charge in [-0.15, -0.1) is 0 Å². The van der Waals surface area contributed by atoms with Crippen molar-refractivity contribution in [2.45, 2.75) is 33.3 Å². The summed E-state index contributed by atoms with van der Waals surface area (Å²) in [5, 5.41) is 24.6. The van der Waals surface area contributed by atoms with Crippen molar-refractivity contribution in [1.29, 1.82) is 5.26 Å². The first-order valence-corrected chi connectivity index (χ1v) is 8.78. The molecule has 1 heterocycles. The Bertz CT molecular complexity index is 965. The lowest BCUT2D eigenvalue weighted by Crippen LogP contribution is -2.54. The van der Waals surface area contributed by atoms with Crippen molar-refractivity contribution < 1.29 is 9.90 Å². The topological polar surface area (TPSA) is 78.9 Å². The van der Waals surface area contributed by atoms with Crippen molar-refractivity contribution in [1.82, 2.24) is 9.78 Å². The average molecular weight is 347 g/mol. The fraction of sp³-hybridized carbons (Fsp3) is 0.381. The average Bonchev–Trinajstić information content (AvgIpc) is 3.06. The van der Waals surface area contributed by atoms with Crippen LogP contribution in [0.1, 0.15) is 36.8 Å². The number of aliphatic hydroxyl groups excluding tert-OH is 1. The third kappa shape index (κ3) is 2.06. The van der Waals surface area contributed by atoms with Crippen LogP contribution >= 0.6 is 0 Å². The van der Waals surface area contributed by atoms with Gasteiger partial charge in [-0.1, -0.05) is 38.1 Å². The van der Waals surface area contributed by atoms with Crippen molar-refractivity contribution in [2.24, 2.45) is 16.7 Å². The lowest BCUT2D eigenvalue weighted by molar-refractivity contribution is -0.0207. The van der Waals surface area contributed by atoms with E-state index in [9.17, 15) is 15.2 Å². The molecule has 5 heteroatoms. The normalized spacial score (nSPS) is 29.3. The van der Waals surface area contributed by atoms with E-state index in [-0.39, 0.29) is 17.3 Å². The molecule has 0 fully saturated rings. The molecule has 0 radical (unpaired) electrons. The lowest BCUT2D eigenvalue weighted by Gasteiger charge is -2.51. The van der Waals surface area contributed by atoms with Gasteiger partial charge in [-0.2, -0.15) is 10.4 Å². The summed E-state index contributed by atoms with van der Waals surface area (Å²) in [7, 11) is 0. The standard InChI is InChI=1S/C21H21N3O2/c1-20(2)17-9-16-15(12-23-24(16)14-7-5-4-6-8-14)19(26)21(17,3)10-13(11-22)18(20)25/h4-8,10,12,17-18,25H,9H2,1-3H3/t17-,18?,21-/m0/s1. The molecule has 0 saturated heterocycles. The Morgan fingerprint density at radius 3 is 2.62 bits per heavy atom. The molecule has 0 bridgehead atoms. The smallest absolute Gasteiger partial charge is 0.176 e. The first-order valence-electron chi connectivity index (χ1n) is 8.78. The first-order chi connectivity index (χ1) is 12.3. The molecule has 2 aliphatic carbocycles. The van der Waals surface area contributed by atoms with Gasteiger partial charge in [-0.25, -0.2) is 4.68 Å². The van der Waals surface area contributed by atoms with E-state index >= 15 is 0 Å². The van der Waals surface area contributed by atoms with E-state index in [0.29, 0.717) is 12.0 Å². The van der Waals surface area contributed by atoms with E-state index in [1.165, 1.54) is 0 Å². The zero-order valence-corrected chi connectivity index (χ0v) is 15.1. The van der Waals surface area contributed by atoms with Crippen LogP contribution in [0.2, 0.25) is 0 Å². The summed E-state index contributed by atoms with van der Waals surface area (Å²) < 4.78 is 1.82. The van der Waals surface area contributed by atoms with Crippen LogP contribution in [-0.2, 0) is 6.42 Å². The van der Waals surface area contributed by atoms with Gasteiger partial charge in [0.25, 0.3) is 0 Å². The summed E-state index contributed by atoms with van der Waals surface area (Å²) in [4.78, 5) is 13.4. The van der Waals surface area contributed by atoms with E-state index in [1.54, 1.807) is 12.3 Å². The van der Waals surface area contributed by atoms with Crippen LogP contribution in [0.5, 0.6) is 0 Å². The lowest BCUT2D eigenvalue weighted by atomic mass is 9.51. The summed E-state index contributed by atoms with van der Waals surface area (Å²) in [6, 6.07) is 11.8. The number of rotatable bonds is 1. The van der Waals surface area contributed by atoms with E-state index in [1.807, 2.05) is 55.8 Å². The van der Waals surface area contributed by atoms with Crippen molar-refractivity contribution in [3.8, 4) is 11.8 Å².